The molecule has 2 rings (SSSR count). The predicted molar refractivity (Wildman–Crippen MR) is 71.3 cm³/mol. The van der Waals surface area contributed by atoms with Crippen molar-refractivity contribution in [2.45, 2.75) is 6.92 Å². The molecule has 0 radical (unpaired) electrons. The summed E-state index contributed by atoms with van der Waals surface area (Å²) in [5, 5.41) is 0.479. The molecule has 0 amide bonds. The van der Waals surface area contributed by atoms with Gasteiger partial charge in [-0.3, -0.25) is 0 Å². The highest BCUT2D eigenvalue weighted by molar-refractivity contribution is 6.32. The van der Waals surface area contributed by atoms with Gasteiger partial charge in [-0.15, -0.1) is 0 Å². The lowest BCUT2D eigenvalue weighted by Gasteiger charge is -2.08. The van der Waals surface area contributed by atoms with E-state index in [9.17, 15) is 0 Å². The number of halogens is 1. The third-order valence-electron chi connectivity index (χ3n) is 2.16. The van der Waals surface area contributed by atoms with E-state index >= 15 is 0 Å². The van der Waals surface area contributed by atoms with Crippen molar-refractivity contribution in [2.75, 3.05) is 12.3 Å². The minimum absolute atomic E-state index is 0.411. The molecule has 0 fully saturated rings. The summed E-state index contributed by atoms with van der Waals surface area (Å²) in [6, 6.07) is 10.3. The van der Waals surface area contributed by atoms with E-state index in [2.05, 4.69) is 4.98 Å². The van der Waals surface area contributed by atoms with E-state index in [4.69, 9.17) is 26.8 Å². The number of ether oxygens (including phenoxy) is 2. The molecule has 1 heterocycles. The molecule has 2 N–H and O–H groups in total. The fourth-order valence-corrected chi connectivity index (χ4v) is 1.55. The average molecular weight is 265 g/mol. The second-order valence-corrected chi connectivity index (χ2v) is 3.95. The van der Waals surface area contributed by atoms with Gasteiger partial charge in [-0.25, -0.2) is 0 Å². The maximum Gasteiger partial charge on any atom is 0.222 e. The summed E-state index contributed by atoms with van der Waals surface area (Å²) < 4.78 is 10.9. The molecule has 0 aliphatic heterocycles. The number of anilines is 1. The van der Waals surface area contributed by atoms with Crippen molar-refractivity contribution < 1.29 is 9.47 Å². The lowest BCUT2D eigenvalue weighted by Crippen LogP contribution is -1.96. The molecule has 1 aromatic carbocycles. The van der Waals surface area contributed by atoms with Crippen LogP contribution in [0.25, 0.3) is 0 Å². The van der Waals surface area contributed by atoms with Gasteiger partial charge < -0.3 is 15.2 Å². The topological polar surface area (TPSA) is 57.4 Å². The Balaban J connectivity index is 2.22. The third kappa shape index (κ3) is 3.05. The van der Waals surface area contributed by atoms with Gasteiger partial charge in [0.2, 0.25) is 11.8 Å². The number of nitrogen functional groups attached to an aromatic ring is 1. The van der Waals surface area contributed by atoms with E-state index in [0.29, 0.717) is 34.8 Å². The number of pyridine rings is 1. The second-order valence-electron chi connectivity index (χ2n) is 3.54. The van der Waals surface area contributed by atoms with E-state index < -0.39 is 0 Å². The van der Waals surface area contributed by atoms with E-state index in [-0.39, 0.29) is 0 Å². The van der Waals surface area contributed by atoms with Crippen LogP contribution in [0.2, 0.25) is 5.02 Å². The zero-order valence-electron chi connectivity index (χ0n) is 9.89. The van der Waals surface area contributed by atoms with Gasteiger partial charge in [0.1, 0.15) is 5.75 Å². The van der Waals surface area contributed by atoms with Crippen LogP contribution in [0, 0.1) is 0 Å². The highest BCUT2D eigenvalue weighted by Crippen LogP contribution is 2.30. The molecule has 0 aliphatic rings. The molecule has 0 unspecified atom stereocenters. The minimum Gasteiger partial charge on any atom is -0.478 e. The SMILES string of the molecule is CCOc1cccc(Oc2cc(N)ccc2Cl)n1. The third-order valence-corrected chi connectivity index (χ3v) is 2.47. The number of rotatable bonds is 4. The van der Waals surface area contributed by atoms with Gasteiger partial charge in [-0.1, -0.05) is 17.7 Å². The molecule has 0 atom stereocenters. The normalized spacial score (nSPS) is 10.1. The number of aromatic nitrogens is 1. The van der Waals surface area contributed by atoms with Crippen LogP contribution in [-0.2, 0) is 0 Å². The van der Waals surface area contributed by atoms with Gasteiger partial charge in [-0.2, -0.15) is 4.98 Å². The van der Waals surface area contributed by atoms with Crippen LogP contribution < -0.4 is 15.2 Å². The lowest BCUT2D eigenvalue weighted by atomic mass is 10.3. The van der Waals surface area contributed by atoms with Gasteiger partial charge in [0.15, 0.2) is 0 Å². The number of benzene rings is 1. The molecule has 0 saturated carbocycles. The summed E-state index contributed by atoms with van der Waals surface area (Å²) in [6.45, 7) is 2.44. The molecule has 0 bridgehead atoms. The second kappa shape index (κ2) is 5.60. The highest BCUT2D eigenvalue weighted by atomic mass is 35.5. The maximum atomic E-state index is 6.01. The largest absolute Gasteiger partial charge is 0.478 e. The van der Waals surface area contributed by atoms with Crippen LogP contribution in [-0.4, -0.2) is 11.6 Å². The lowest BCUT2D eigenvalue weighted by molar-refractivity contribution is 0.321. The first-order valence-corrected chi connectivity index (χ1v) is 5.89. The van der Waals surface area contributed by atoms with Crippen LogP contribution in [0.1, 0.15) is 6.92 Å². The van der Waals surface area contributed by atoms with Crippen LogP contribution in [0.4, 0.5) is 5.69 Å². The molecular formula is C13H13ClN2O2. The molecule has 4 nitrogen and oxygen atoms in total. The number of nitrogens with zero attached hydrogens (tertiary/aromatic N) is 1. The van der Waals surface area contributed by atoms with Crippen LogP contribution in [0.3, 0.4) is 0 Å². The molecule has 0 aliphatic carbocycles. The number of hydrogen-bond donors (Lipinski definition) is 1. The quantitative estimate of drug-likeness (QED) is 0.859. The maximum absolute atomic E-state index is 6.01. The molecule has 5 heteroatoms. The average Bonchev–Trinajstić information content (AvgIpc) is 2.35. The zero-order chi connectivity index (χ0) is 13.0. The van der Waals surface area contributed by atoms with Gasteiger partial charge in [0.25, 0.3) is 0 Å². The Bertz CT molecular complexity index is 546. The van der Waals surface area contributed by atoms with Crippen molar-refractivity contribution in [1.29, 1.82) is 0 Å². The van der Waals surface area contributed by atoms with E-state index in [0.717, 1.165) is 0 Å². The Kier molecular flexibility index (Phi) is 3.89. The minimum atomic E-state index is 0.411. The predicted octanol–water partition coefficient (Wildman–Crippen LogP) is 3.51. The Hall–Kier alpha value is -1.94. The zero-order valence-corrected chi connectivity index (χ0v) is 10.6. The first-order valence-electron chi connectivity index (χ1n) is 5.52. The fraction of sp³-hybridized carbons (Fsp3) is 0.154. The Morgan fingerprint density at radius 1 is 1.22 bits per heavy atom. The molecule has 94 valence electrons. The number of nitrogens with two attached hydrogens (primary N) is 1. The van der Waals surface area contributed by atoms with Crippen molar-refractivity contribution in [3.63, 3.8) is 0 Å². The Morgan fingerprint density at radius 2 is 2.00 bits per heavy atom. The molecule has 18 heavy (non-hydrogen) atoms. The van der Waals surface area contributed by atoms with Crippen molar-refractivity contribution in [2.24, 2.45) is 0 Å². The van der Waals surface area contributed by atoms with Crippen LogP contribution in [0.5, 0.6) is 17.5 Å². The van der Waals surface area contributed by atoms with Gasteiger partial charge in [0.05, 0.1) is 11.6 Å². The molecule has 0 spiro atoms. The molecule has 0 saturated heterocycles. The summed E-state index contributed by atoms with van der Waals surface area (Å²) in [5.74, 6) is 1.39. The van der Waals surface area contributed by atoms with Crippen molar-refractivity contribution in [3.8, 4) is 17.5 Å². The van der Waals surface area contributed by atoms with Crippen LogP contribution >= 0.6 is 11.6 Å². The first kappa shape index (κ1) is 12.5. The first-order chi connectivity index (χ1) is 8.69. The molecular weight excluding hydrogens is 252 g/mol. The summed E-state index contributed by atoms with van der Waals surface area (Å²) in [4.78, 5) is 4.18. The molecule has 2 aromatic rings. The van der Waals surface area contributed by atoms with E-state index in [1.807, 2.05) is 6.92 Å². The Labute approximate surface area is 110 Å². The Morgan fingerprint density at radius 3 is 2.78 bits per heavy atom. The summed E-state index contributed by atoms with van der Waals surface area (Å²) >= 11 is 6.01. The van der Waals surface area contributed by atoms with Gasteiger partial charge >= 0.3 is 0 Å². The smallest absolute Gasteiger partial charge is 0.222 e. The van der Waals surface area contributed by atoms with Crippen molar-refractivity contribution in [1.82, 2.24) is 4.98 Å². The highest BCUT2D eigenvalue weighted by Gasteiger charge is 2.05. The standard InChI is InChI=1S/C13H13ClN2O2/c1-2-17-12-4-3-5-13(16-12)18-11-8-9(15)6-7-10(11)14/h3-8H,2,15H2,1H3. The van der Waals surface area contributed by atoms with E-state index in [1.54, 1.807) is 36.4 Å². The summed E-state index contributed by atoms with van der Waals surface area (Å²) in [7, 11) is 0. The summed E-state index contributed by atoms with van der Waals surface area (Å²) in [6.07, 6.45) is 0. The van der Waals surface area contributed by atoms with Crippen LogP contribution in [0.15, 0.2) is 36.4 Å². The van der Waals surface area contributed by atoms with Gasteiger partial charge in [0, 0.05) is 23.9 Å². The monoisotopic (exact) mass is 264 g/mol. The number of hydrogen-bond acceptors (Lipinski definition) is 4. The van der Waals surface area contributed by atoms with Crippen molar-refractivity contribution in [3.05, 3.63) is 41.4 Å². The van der Waals surface area contributed by atoms with E-state index in [1.165, 1.54) is 0 Å². The fourth-order valence-electron chi connectivity index (χ4n) is 1.39. The summed E-state index contributed by atoms with van der Waals surface area (Å²) in [5.41, 5.74) is 6.25. The van der Waals surface area contributed by atoms with Gasteiger partial charge in [-0.05, 0) is 19.1 Å². The van der Waals surface area contributed by atoms with Crippen molar-refractivity contribution >= 4 is 17.3 Å². The molecule has 1 aromatic heterocycles.